The average Bonchev–Trinajstić information content (AvgIpc) is 2.59. The van der Waals surface area contributed by atoms with Crippen molar-refractivity contribution in [1.82, 2.24) is 5.32 Å². The summed E-state index contributed by atoms with van der Waals surface area (Å²) in [7, 11) is 0. The molecule has 0 amide bonds. The van der Waals surface area contributed by atoms with Crippen LogP contribution in [0.3, 0.4) is 0 Å². The number of hydrogen-bond donors (Lipinski definition) is 1. The third kappa shape index (κ3) is 2.44. The summed E-state index contributed by atoms with van der Waals surface area (Å²) in [5, 5.41) is 4.36. The fraction of sp³-hybridized carbons (Fsp3) is 0.333. The first kappa shape index (κ1) is 11.2. The average molecular weight is 287 g/mol. The molecule has 0 spiro atoms. The van der Waals surface area contributed by atoms with Crippen molar-refractivity contribution in [2.45, 2.75) is 18.9 Å². The Bertz CT molecular complexity index is 389. The van der Waals surface area contributed by atoms with Crippen molar-refractivity contribution >= 4 is 27.5 Å². The van der Waals surface area contributed by atoms with Crippen LogP contribution in [0.5, 0.6) is 0 Å². The monoisotopic (exact) mass is 285 g/mol. The molecule has 1 aromatic rings. The standard InChI is InChI=1S/C12H13BrClN/c1-8(13)7-15-12-6-5-9-10(12)3-2-4-11(9)14/h2-4,12,15H,1,5-7H2. The van der Waals surface area contributed by atoms with Crippen molar-refractivity contribution in [2.24, 2.45) is 0 Å². The molecular formula is C12H13BrClN. The molecule has 1 N–H and O–H groups in total. The second-order valence-corrected chi connectivity index (χ2v) is 5.33. The van der Waals surface area contributed by atoms with E-state index in [4.69, 9.17) is 11.6 Å². The van der Waals surface area contributed by atoms with E-state index in [2.05, 4.69) is 33.9 Å². The second kappa shape index (κ2) is 4.69. The maximum Gasteiger partial charge on any atom is 0.0441 e. The van der Waals surface area contributed by atoms with Crippen molar-refractivity contribution < 1.29 is 0 Å². The van der Waals surface area contributed by atoms with Gasteiger partial charge in [0, 0.05) is 22.1 Å². The van der Waals surface area contributed by atoms with E-state index in [0.717, 1.165) is 28.9 Å². The summed E-state index contributed by atoms with van der Waals surface area (Å²) < 4.78 is 0.984. The molecule has 1 unspecified atom stereocenters. The molecule has 0 aliphatic heterocycles. The van der Waals surface area contributed by atoms with Crippen molar-refractivity contribution in [1.29, 1.82) is 0 Å². The first-order valence-corrected chi connectivity index (χ1v) is 6.19. The highest BCUT2D eigenvalue weighted by Crippen LogP contribution is 2.35. The Kier molecular flexibility index (Phi) is 3.49. The molecule has 1 nitrogen and oxygen atoms in total. The fourth-order valence-corrected chi connectivity index (χ4v) is 2.49. The van der Waals surface area contributed by atoms with Crippen LogP contribution in [0, 0.1) is 0 Å². The Labute approximate surface area is 104 Å². The topological polar surface area (TPSA) is 12.0 Å². The first-order chi connectivity index (χ1) is 7.18. The third-order valence-corrected chi connectivity index (χ3v) is 3.39. The van der Waals surface area contributed by atoms with Crippen molar-refractivity contribution in [3.63, 3.8) is 0 Å². The molecule has 1 atom stereocenters. The van der Waals surface area contributed by atoms with Gasteiger partial charge >= 0.3 is 0 Å². The normalized spacial score (nSPS) is 18.9. The Morgan fingerprint density at radius 2 is 2.40 bits per heavy atom. The van der Waals surface area contributed by atoms with E-state index in [1.54, 1.807) is 0 Å². The maximum atomic E-state index is 6.14. The van der Waals surface area contributed by atoms with E-state index in [9.17, 15) is 0 Å². The summed E-state index contributed by atoms with van der Waals surface area (Å²) in [6, 6.07) is 6.56. The highest BCUT2D eigenvalue weighted by atomic mass is 79.9. The lowest BCUT2D eigenvalue weighted by Gasteiger charge is -2.13. The lowest BCUT2D eigenvalue weighted by molar-refractivity contribution is 0.563. The van der Waals surface area contributed by atoms with Gasteiger partial charge in [0.25, 0.3) is 0 Å². The zero-order valence-electron chi connectivity index (χ0n) is 8.39. The van der Waals surface area contributed by atoms with Gasteiger partial charge in [0.1, 0.15) is 0 Å². The Hall–Kier alpha value is -0.310. The summed E-state index contributed by atoms with van der Waals surface area (Å²) in [5.41, 5.74) is 2.65. The van der Waals surface area contributed by atoms with E-state index < -0.39 is 0 Å². The van der Waals surface area contributed by atoms with Gasteiger partial charge in [-0.25, -0.2) is 0 Å². The van der Waals surface area contributed by atoms with E-state index in [1.807, 2.05) is 12.1 Å². The molecule has 2 rings (SSSR count). The predicted octanol–water partition coefficient (Wildman–Crippen LogP) is 3.83. The molecular weight excluding hydrogens is 273 g/mol. The molecule has 80 valence electrons. The van der Waals surface area contributed by atoms with Crippen LogP contribution in [-0.2, 0) is 6.42 Å². The van der Waals surface area contributed by atoms with Crippen LogP contribution in [0.2, 0.25) is 5.02 Å². The molecule has 15 heavy (non-hydrogen) atoms. The largest absolute Gasteiger partial charge is 0.305 e. The minimum Gasteiger partial charge on any atom is -0.305 e. The minimum absolute atomic E-state index is 0.424. The molecule has 0 fully saturated rings. The van der Waals surface area contributed by atoms with Gasteiger partial charge in [-0.05, 0) is 30.0 Å². The molecule has 0 bridgehead atoms. The van der Waals surface area contributed by atoms with Crippen LogP contribution < -0.4 is 5.32 Å². The number of halogens is 2. The van der Waals surface area contributed by atoms with Gasteiger partial charge in [-0.2, -0.15) is 0 Å². The molecule has 0 heterocycles. The zero-order valence-corrected chi connectivity index (χ0v) is 10.7. The molecule has 0 aromatic heterocycles. The summed E-state index contributed by atoms with van der Waals surface area (Å²) in [5.74, 6) is 0. The smallest absolute Gasteiger partial charge is 0.0441 e. The first-order valence-electron chi connectivity index (χ1n) is 5.02. The highest BCUT2D eigenvalue weighted by Gasteiger charge is 2.23. The fourth-order valence-electron chi connectivity index (χ4n) is 2.06. The second-order valence-electron chi connectivity index (χ2n) is 3.80. The number of benzene rings is 1. The van der Waals surface area contributed by atoms with Crippen LogP contribution in [0.4, 0.5) is 0 Å². The van der Waals surface area contributed by atoms with Crippen LogP contribution in [-0.4, -0.2) is 6.54 Å². The van der Waals surface area contributed by atoms with E-state index in [-0.39, 0.29) is 0 Å². The molecule has 0 radical (unpaired) electrons. The van der Waals surface area contributed by atoms with Gasteiger partial charge < -0.3 is 5.32 Å². The lowest BCUT2D eigenvalue weighted by atomic mass is 10.1. The predicted molar refractivity (Wildman–Crippen MR) is 68.6 cm³/mol. The highest BCUT2D eigenvalue weighted by molar-refractivity contribution is 9.11. The SMILES string of the molecule is C=C(Br)CNC1CCc2c(Cl)cccc21. The van der Waals surface area contributed by atoms with Crippen molar-refractivity contribution in [2.75, 3.05) is 6.54 Å². The van der Waals surface area contributed by atoms with Gasteiger partial charge in [0.15, 0.2) is 0 Å². The van der Waals surface area contributed by atoms with Gasteiger partial charge in [0.2, 0.25) is 0 Å². The van der Waals surface area contributed by atoms with E-state index in [1.165, 1.54) is 11.1 Å². The van der Waals surface area contributed by atoms with Crippen LogP contribution in [0.1, 0.15) is 23.6 Å². The molecule has 1 aromatic carbocycles. The van der Waals surface area contributed by atoms with Crippen molar-refractivity contribution in [3.8, 4) is 0 Å². The van der Waals surface area contributed by atoms with Gasteiger partial charge in [0.05, 0.1) is 0 Å². The summed E-state index contributed by atoms with van der Waals surface area (Å²) >= 11 is 9.50. The molecule has 0 saturated heterocycles. The van der Waals surface area contributed by atoms with Crippen LogP contribution in [0.25, 0.3) is 0 Å². The zero-order chi connectivity index (χ0) is 10.8. The third-order valence-electron chi connectivity index (χ3n) is 2.75. The molecule has 1 aliphatic rings. The van der Waals surface area contributed by atoms with Crippen LogP contribution >= 0.6 is 27.5 Å². The van der Waals surface area contributed by atoms with Crippen molar-refractivity contribution in [3.05, 3.63) is 45.4 Å². The minimum atomic E-state index is 0.424. The Morgan fingerprint density at radius 3 is 3.13 bits per heavy atom. The summed E-state index contributed by atoms with van der Waals surface area (Å²) in [6.45, 7) is 4.62. The van der Waals surface area contributed by atoms with E-state index in [0.29, 0.717) is 6.04 Å². The number of rotatable bonds is 3. The van der Waals surface area contributed by atoms with Gasteiger partial charge in [-0.1, -0.05) is 46.2 Å². The quantitative estimate of drug-likeness (QED) is 0.890. The van der Waals surface area contributed by atoms with Gasteiger partial charge in [-0.15, -0.1) is 0 Å². The summed E-state index contributed by atoms with van der Waals surface area (Å²) in [4.78, 5) is 0. The van der Waals surface area contributed by atoms with Gasteiger partial charge in [-0.3, -0.25) is 0 Å². The van der Waals surface area contributed by atoms with Crippen LogP contribution in [0.15, 0.2) is 29.3 Å². The Balaban J connectivity index is 2.14. The molecule has 3 heteroatoms. The number of hydrogen-bond acceptors (Lipinski definition) is 1. The Morgan fingerprint density at radius 1 is 1.60 bits per heavy atom. The molecule has 0 saturated carbocycles. The molecule has 1 aliphatic carbocycles. The number of fused-ring (bicyclic) bond motifs is 1. The number of nitrogens with one attached hydrogen (secondary N) is 1. The lowest BCUT2D eigenvalue weighted by Crippen LogP contribution is -2.20. The maximum absolute atomic E-state index is 6.14. The summed E-state index contributed by atoms with van der Waals surface area (Å²) in [6.07, 6.45) is 2.20. The van der Waals surface area contributed by atoms with E-state index >= 15 is 0 Å².